The lowest BCUT2D eigenvalue weighted by Gasteiger charge is -2.34. The van der Waals surface area contributed by atoms with E-state index in [2.05, 4.69) is 9.88 Å². The molecule has 0 aromatic carbocycles. The number of amides is 1. The van der Waals surface area contributed by atoms with Crippen LogP contribution in [-0.2, 0) is 4.79 Å². The quantitative estimate of drug-likeness (QED) is 0.483. The van der Waals surface area contributed by atoms with E-state index in [0.29, 0.717) is 18.0 Å². The highest BCUT2D eigenvalue weighted by atomic mass is 32.1. The van der Waals surface area contributed by atoms with Gasteiger partial charge in [-0.2, -0.15) is 0 Å². The van der Waals surface area contributed by atoms with E-state index in [1.54, 1.807) is 23.2 Å². The van der Waals surface area contributed by atoms with Crippen LogP contribution in [0.5, 0.6) is 0 Å². The lowest BCUT2D eigenvalue weighted by Crippen LogP contribution is -2.48. The van der Waals surface area contributed by atoms with Crippen LogP contribution in [0.15, 0.2) is 42.6 Å². The molecule has 0 unspecified atom stereocenters. The average Bonchev–Trinajstić information content (AvgIpc) is 3.10. The van der Waals surface area contributed by atoms with E-state index in [0.717, 1.165) is 30.2 Å². The number of rotatable bonds is 4. The first-order valence-electron chi connectivity index (χ1n) is 7.51. The standard InChI is InChI=1S/C16H16N4O3S/c21-15(6-4-13-5-7-16(24-13)20(22)23)19-11-9-18(10-12-19)14-3-1-2-8-17-14/h1-8H,9-12H2/b6-4+. The summed E-state index contributed by atoms with van der Waals surface area (Å²) in [5.74, 6) is 0.845. The highest BCUT2D eigenvalue weighted by molar-refractivity contribution is 7.16. The van der Waals surface area contributed by atoms with E-state index in [9.17, 15) is 14.9 Å². The maximum absolute atomic E-state index is 12.2. The number of anilines is 1. The third-order valence-corrected chi connectivity index (χ3v) is 4.75. The zero-order chi connectivity index (χ0) is 16.9. The minimum atomic E-state index is -0.430. The van der Waals surface area contributed by atoms with Crippen molar-refractivity contribution in [2.45, 2.75) is 0 Å². The van der Waals surface area contributed by atoms with Gasteiger partial charge in [-0.1, -0.05) is 17.4 Å². The lowest BCUT2D eigenvalue weighted by molar-refractivity contribution is -0.380. The molecule has 124 valence electrons. The average molecular weight is 344 g/mol. The molecule has 3 rings (SSSR count). The van der Waals surface area contributed by atoms with Gasteiger partial charge in [0.1, 0.15) is 5.82 Å². The summed E-state index contributed by atoms with van der Waals surface area (Å²) in [4.78, 5) is 31.4. The summed E-state index contributed by atoms with van der Waals surface area (Å²) >= 11 is 1.05. The molecule has 1 fully saturated rings. The van der Waals surface area contributed by atoms with Crippen molar-refractivity contribution in [2.24, 2.45) is 0 Å². The molecule has 0 atom stereocenters. The fourth-order valence-electron chi connectivity index (χ4n) is 2.49. The number of hydrogen-bond donors (Lipinski definition) is 0. The molecule has 0 radical (unpaired) electrons. The maximum atomic E-state index is 12.2. The molecular formula is C16H16N4O3S. The Bertz CT molecular complexity index is 752. The van der Waals surface area contributed by atoms with Crippen molar-refractivity contribution in [1.29, 1.82) is 0 Å². The van der Waals surface area contributed by atoms with Crippen molar-refractivity contribution in [3.63, 3.8) is 0 Å². The molecule has 0 aliphatic carbocycles. The molecule has 8 heteroatoms. The third-order valence-electron chi connectivity index (χ3n) is 3.75. The molecule has 7 nitrogen and oxygen atoms in total. The van der Waals surface area contributed by atoms with Crippen LogP contribution in [0.1, 0.15) is 4.88 Å². The van der Waals surface area contributed by atoms with E-state index in [-0.39, 0.29) is 10.9 Å². The molecule has 1 amide bonds. The lowest BCUT2D eigenvalue weighted by atomic mass is 10.3. The van der Waals surface area contributed by atoms with Gasteiger partial charge in [-0.05, 0) is 24.3 Å². The SMILES string of the molecule is O=C(/C=C/c1ccc([N+](=O)[O-])s1)N1CCN(c2ccccn2)CC1. The molecule has 2 aromatic heterocycles. The number of aromatic nitrogens is 1. The Labute approximate surface area is 143 Å². The van der Waals surface area contributed by atoms with Crippen molar-refractivity contribution in [3.05, 3.63) is 57.6 Å². The fourth-order valence-corrected chi connectivity index (χ4v) is 3.21. The van der Waals surface area contributed by atoms with Crippen molar-refractivity contribution in [1.82, 2.24) is 9.88 Å². The molecule has 1 saturated heterocycles. The van der Waals surface area contributed by atoms with Gasteiger partial charge >= 0.3 is 5.00 Å². The van der Waals surface area contributed by atoms with E-state index in [1.165, 1.54) is 12.1 Å². The molecule has 3 heterocycles. The minimum absolute atomic E-state index is 0.0751. The summed E-state index contributed by atoms with van der Waals surface area (Å²) in [5.41, 5.74) is 0. The molecule has 1 aliphatic rings. The van der Waals surface area contributed by atoms with Gasteiger partial charge in [0.25, 0.3) is 0 Å². The summed E-state index contributed by atoms with van der Waals surface area (Å²) in [6.07, 6.45) is 4.87. The van der Waals surface area contributed by atoms with Crippen LogP contribution in [0.3, 0.4) is 0 Å². The number of nitrogens with zero attached hydrogens (tertiary/aromatic N) is 4. The zero-order valence-electron chi connectivity index (χ0n) is 12.9. The molecule has 0 saturated carbocycles. The highest BCUT2D eigenvalue weighted by Gasteiger charge is 2.20. The summed E-state index contributed by atoms with van der Waals surface area (Å²) in [5, 5.41) is 10.7. The first-order chi connectivity index (χ1) is 11.6. The number of piperazine rings is 1. The van der Waals surface area contributed by atoms with Crippen LogP contribution in [0.2, 0.25) is 0 Å². The minimum Gasteiger partial charge on any atom is -0.353 e. The smallest absolute Gasteiger partial charge is 0.324 e. The van der Waals surface area contributed by atoms with Gasteiger partial charge in [-0.25, -0.2) is 4.98 Å². The molecule has 0 spiro atoms. The molecule has 0 N–H and O–H groups in total. The monoisotopic (exact) mass is 344 g/mol. The second kappa shape index (κ2) is 7.22. The van der Waals surface area contributed by atoms with Crippen LogP contribution < -0.4 is 4.90 Å². The van der Waals surface area contributed by atoms with Crippen LogP contribution in [0.25, 0.3) is 6.08 Å². The predicted octanol–water partition coefficient (Wildman–Crippen LogP) is 2.41. The number of nitro groups is 1. The van der Waals surface area contributed by atoms with Crippen molar-refractivity contribution in [2.75, 3.05) is 31.1 Å². The first-order valence-corrected chi connectivity index (χ1v) is 8.32. The fraction of sp³-hybridized carbons (Fsp3) is 0.250. The van der Waals surface area contributed by atoms with Gasteiger partial charge in [0, 0.05) is 49.4 Å². The number of carbonyl (C=O) groups excluding carboxylic acids is 1. The van der Waals surface area contributed by atoms with E-state index >= 15 is 0 Å². The van der Waals surface area contributed by atoms with Crippen LogP contribution in [-0.4, -0.2) is 46.9 Å². The number of thiophene rings is 1. The molecule has 24 heavy (non-hydrogen) atoms. The van der Waals surface area contributed by atoms with Gasteiger partial charge in [-0.15, -0.1) is 0 Å². The Kier molecular flexibility index (Phi) is 4.85. The Morgan fingerprint density at radius 3 is 2.62 bits per heavy atom. The first kappa shape index (κ1) is 16.1. The van der Waals surface area contributed by atoms with E-state index in [4.69, 9.17) is 0 Å². The normalized spacial score (nSPS) is 15.0. The summed E-state index contributed by atoms with van der Waals surface area (Å²) in [6, 6.07) is 8.87. The van der Waals surface area contributed by atoms with Crippen LogP contribution >= 0.6 is 11.3 Å². The number of pyridine rings is 1. The predicted molar refractivity (Wildman–Crippen MR) is 93.0 cm³/mol. The van der Waals surface area contributed by atoms with Gasteiger partial charge in [0.05, 0.1) is 4.92 Å². The Hall–Kier alpha value is -2.74. The number of carbonyl (C=O) groups is 1. The van der Waals surface area contributed by atoms with E-state index in [1.807, 2.05) is 18.2 Å². The van der Waals surface area contributed by atoms with Crippen molar-refractivity contribution in [3.8, 4) is 0 Å². The van der Waals surface area contributed by atoms with Gasteiger partial charge in [0.15, 0.2) is 0 Å². The largest absolute Gasteiger partial charge is 0.353 e. The van der Waals surface area contributed by atoms with Crippen LogP contribution in [0, 0.1) is 10.1 Å². The second-order valence-corrected chi connectivity index (χ2v) is 6.36. The maximum Gasteiger partial charge on any atom is 0.324 e. The molecule has 0 bridgehead atoms. The molecular weight excluding hydrogens is 328 g/mol. The van der Waals surface area contributed by atoms with E-state index < -0.39 is 4.92 Å². The Morgan fingerprint density at radius 1 is 1.21 bits per heavy atom. The van der Waals surface area contributed by atoms with Gasteiger partial charge in [0.2, 0.25) is 5.91 Å². The molecule has 1 aliphatic heterocycles. The summed E-state index contributed by atoms with van der Waals surface area (Å²) in [6.45, 7) is 2.73. The van der Waals surface area contributed by atoms with Gasteiger partial charge in [-0.3, -0.25) is 14.9 Å². The molecule has 2 aromatic rings. The Balaban J connectivity index is 1.55. The topological polar surface area (TPSA) is 79.6 Å². The number of hydrogen-bond acceptors (Lipinski definition) is 6. The van der Waals surface area contributed by atoms with Gasteiger partial charge < -0.3 is 9.80 Å². The highest BCUT2D eigenvalue weighted by Crippen LogP contribution is 2.24. The van der Waals surface area contributed by atoms with Crippen LogP contribution in [0.4, 0.5) is 10.8 Å². The summed E-state index contributed by atoms with van der Waals surface area (Å²) in [7, 11) is 0. The zero-order valence-corrected chi connectivity index (χ0v) is 13.7. The van der Waals surface area contributed by atoms with Crippen molar-refractivity contribution < 1.29 is 9.72 Å². The second-order valence-electron chi connectivity index (χ2n) is 5.27. The third kappa shape index (κ3) is 3.77. The van der Waals surface area contributed by atoms with Crippen molar-refractivity contribution >= 4 is 34.1 Å². The summed E-state index contributed by atoms with van der Waals surface area (Å²) < 4.78 is 0. The Morgan fingerprint density at radius 2 is 2.00 bits per heavy atom.